The van der Waals surface area contributed by atoms with Crippen LogP contribution in [0.5, 0.6) is 0 Å². The number of rotatable bonds is 1. The smallest absolute Gasteiger partial charge is 0.277 e. The van der Waals surface area contributed by atoms with Crippen molar-refractivity contribution in [3.63, 3.8) is 0 Å². The zero-order valence-corrected chi connectivity index (χ0v) is 10.1. The lowest BCUT2D eigenvalue weighted by atomic mass is 10.1. The third-order valence-corrected chi connectivity index (χ3v) is 3.89. The predicted molar refractivity (Wildman–Crippen MR) is 64.4 cm³/mol. The molecule has 0 saturated carbocycles. The lowest BCUT2D eigenvalue weighted by Gasteiger charge is -2.20. The molecule has 0 spiro atoms. The summed E-state index contributed by atoms with van der Waals surface area (Å²) in [7, 11) is -2.50. The van der Waals surface area contributed by atoms with Gasteiger partial charge in [0.15, 0.2) is 0 Å². The Labute approximate surface area is 98.2 Å². The van der Waals surface area contributed by atoms with Gasteiger partial charge >= 0.3 is 0 Å². The number of nitrogens with one attached hydrogen (secondary N) is 1. The van der Waals surface area contributed by atoms with Crippen molar-refractivity contribution in [2.24, 2.45) is 0 Å². The summed E-state index contributed by atoms with van der Waals surface area (Å²) in [5, 5.41) is 12.9. The molecule has 84 valence electrons. The second kappa shape index (κ2) is 4.34. The monoisotopic (exact) mass is 255 g/mol. The van der Waals surface area contributed by atoms with Crippen LogP contribution in [0.15, 0.2) is 29.8 Å². The second-order valence-corrected chi connectivity index (χ2v) is 5.26. The van der Waals surface area contributed by atoms with E-state index in [0.29, 0.717) is 5.57 Å². The fraction of sp³-hybridized carbons (Fsp3) is 0.100. The lowest BCUT2D eigenvalue weighted by molar-refractivity contribution is -0.679. The zero-order valence-electron chi connectivity index (χ0n) is 8.43. The molecule has 6 heteroatoms. The minimum atomic E-state index is -2.50. The molecule has 0 aromatic carbocycles. The molecular formula is C10H9NO3S2. The van der Waals surface area contributed by atoms with Gasteiger partial charge in [0.05, 0.1) is 5.57 Å². The van der Waals surface area contributed by atoms with Gasteiger partial charge in [0.2, 0.25) is 0 Å². The molecule has 4 nitrogen and oxygen atoms in total. The number of allylic oxidation sites excluding steroid dienone is 2. The van der Waals surface area contributed by atoms with Crippen LogP contribution in [0.3, 0.4) is 0 Å². The first kappa shape index (κ1) is 11.3. The Bertz CT molecular complexity index is 600. The van der Waals surface area contributed by atoms with Gasteiger partial charge in [-0.25, -0.2) is 0 Å². The van der Waals surface area contributed by atoms with E-state index in [1.807, 2.05) is 18.4 Å². The van der Waals surface area contributed by atoms with E-state index in [1.165, 1.54) is 17.5 Å². The predicted octanol–water partition coefficient (Wildman–Crippen LogP) is 0.359. The van der Waals surface area contributed by atoms with Gasteiger partial charge in [-0.15, -0.1) is 11.3 Å². The molecular weight excluding hydrogens is 246 g/mol. The van der Waals surface area contributed by atoms with Crippen LogP contribution in [0.2, 0.25) is 0 Å². The highest BCUT2D eigenvalue weighted by atomic mass is 32.2. The van der Waals surface area contributed by atoms with Crippen molar-refractivity contribution in [2.75, 3.05) is 0 Å². The first-order valence-corrected chi connectivity index (χ1v) is 6.50. The standard InChI is InChI=1S/C10H9NO3S2/c1-7-8(4-6-15-7)9-3-2-5-11(12)10(9)16(13)14/h2-6,11H,1H3. The Morgan fingerprint density at radius 3 is 2.75 bits per heavy atom. The molecule has 1 aromatic heterocycles. The molecule has 1 N–H and O–H groups in total. The van der Waals surface area contributed by atoms with Crippen molar-refractivity contribution in [3.8, 4) is 0 Å². The van der Waals surface area contributed by atoms with Crippen LogP contribution in [-0.4, -0.2) is 13.4 Å². The number of hydroxylamine groups is 2. The van der Waals surface area contributed by atoms with Gasteiger partial charge in [0.1, 0.15) is 6.20 Å². The third kappa shape index (κ3) is 1.88. The van der Waals surface area contributed by atoms with Crippen molar-refractivity contribution in [3.05, 3.63) is 45.4 Å². The fourth-order valence-electron chi connectivity index (χ4n) is 1.56. The van der Waals surface area contributed by atoms with Gasteiger partial charge in [0.25, 0.3) is 15.3 Å². The summed E-state index contributed by atoms with van der Waals surface area (Å²) in [6.07, 6.45) is 4.49. The average Bonchev–Trinajstić information content (AvgIpc) is 2.63. The Morgan fingerprint density at radius 2 is 2.19 bits per heavy atom. The van der Waals surface area contributed by atoms with E-state index in [0.717, 1.165) is 10.4 Å². The van der Waals surface area contributed by atoms with E-state index in [4.69, 9.17) is 0 Å². The molecule has 2 heterocycles. The van der Waals surface area contributed by atoms with E-state index >= 15 is 0 Å². The van der Waals surface area contributed by atoms with Crippen molar-refractivity contribution < 1.29 is 13.5 Å². The van der Waals surface area contributed by atoms with E-state index < -0.39 is 15.4 Å². The molecule has 0 amide bonds. The Kier molecular flexibility index (Phi) is 3.06. The SMILES string of the molecule is Cc1sccc1C1=CC=C[NH+]([O-])C1=S(=O)=O. The molecule has 1 atom stereocenters. The molecule has 2 rings (SSSR count). The molecule has 0 aliphatic carbocycles. The highest BCUT2D eigenvalue weighted by molar-refractivity contribution is 7.73. The third-order valence-electron chi connectivity index (χ3n) is 2.29. The average molecular weight is 255 g/mol. The van der Waals surface area contributed by atoms with Crippen LogP contribution in [0.4, 0.5) is 0 Å². The molecule has 0 fully saturated rings. The van der Waals surface area contributed by atoms with Crippen molar-refractivity contribution >= 4 is 32.2 Å². The van der Waals surface area contributed by atoms with Gasteiger partial charge in [-0.05, 0) is 30.5 Å². The van der Waals surface area contributed by atoms with E-state index in [1.54, 1.807) is 12.2 Å². The summed E-state index contributed by atoms with van der Waals surface area (Å²) in [5.41, 5.74) is 1.29. The highest BCUT2D eigenvalue weighted by Gasteiger charge is 2.21. The Morgan fingerprint density at radius 1 is 1.44 bits per heavy atom. The van der Waals surface area contributed by atoms with Crippen LogP contribution < -0.4 is 5.06 Å². The molecule has 1 aliphatic heterocycles. The van der Waals surface area contributed by atoms with Gasteiger partial charge in [-0.3, -0.25) is 0 Å². The molecule has 16 heavy (non-hydrogen) atoms. The minimum absolute atomic E-state index is 0.149. The summed E-state index contributed by atoms with van der Waals surface area (Å²) < 4.78 is 22.1. The largest absolute Gasteiger partial charge is 0.623 e. The summed E-state index contributed by atoms with van der Waals surface area (Å²) in [4.78, 5) is 0.848. The maximum atomic E-state index is 11.5. The number of hydrogen-bond donors (Lipinski definition) is 1. The molecule has 1 aliphatic rings. The summed E-state index contributed by atoms with van der Waals surface area (Å²) >= 11 is 1.52. The Hall–Kier alpha value is -1.21. The first-order valence-electron chi connectivity index (χ1n) is 4.55. The summed E-state index contributed by atoms with van der Waals surface area (Å²) in [6.45, 7) is 1.90. The quantitative estimate of drug-likeness (QED) is 0.582. The van der Waals surface area contributed by atoms with Gasteiger partial charge in [-0.2, -0.15) is 8.42 Å². The number of thiophene rings is 1. The molecule has 1 aromatic rings. The van der Waals surface area contributed by atoms with E-state index in [9.17, 15) is 13.6 Å². The van der Waals surface area contributed by atoms with Gasteiger partial charge < -0.3 is 10.3 Å². The van der Waals surface area contributed by atoms with Crippen molar-refractivity contribution in [1.82, 2.24) is 0 Å². The number of aryl methyl sites for hydroxylation is 1. The molecule has 0 saturated heterocycles. The van der Waals surface area contributed by atoms with E-state index in [-0.39, 0.29) is 4.99 Å². The highest BCUT2D eigenvalue weighted by Crippen LogP contribution is 2.24. The van der Waals surface area contributed by atoms with Gasteiger partial charge in [-0.1, -0.05) is 0 Å². The van der Waals surface area contributed by atoms with Crippen LogP contribution in [0.25, 0.3) is 5.57 Å². The summed E-state index contributed by atoms with van der Waals surface area (Å²) in [6, 6.07) is 1.82. The molecule has 0 bridgehead atoms. The van der Waals surface area contributed by atoms with Crippen molar-refractivity contribution in [1.29, 1.82) is 0 Å². The summed E-state index contributed by atoms with van der Waals surface area (Å²) in [5.74, 6) is 0. The number of quaternary nitrogens is 1. The van der Waals surface area contributed by atoms with Crippen LogP contribution in [0.1, 0.15) is 10.4 Å². The topological polar surface area (TPSA) is 61.6 Å². The lowest BCUT2D eigenvalue weighted by Crippen LogP contribution is -3.06. The Balaban J connectivity index is 2.65. The first-order chi connectivity index (χ1) is 7.61. The second-order valence-electron chi connectivity index (χ2n) is 3.26. The minimum Gasteiger partial charge on any atom is -0.623 e. The van der Waals surface area contributed by atoms with Crippen LogP contribution in [-0.2, 0) is 10.3 Å². The maximum Gasteiger partial charge on any atom is 0.277 e. The molecule has 0 radical (unpaired) electrons. The number of hydrogen-bond acceptors (Lipinski definition) is 4. The molecule has 1 unspecified atom stereocenters. The maximum absolute atomic E-state index is 11.5. The fourth-order valence-corrected chi connectivity index (χ4v) is 2.87. The van der Waals surface area contributed by atoms with Gasteiger partial charge in [0, 0.05) is 10.4 Å². The zero-order chi connectivity index (χ0) is 11.7. The van der Waals surface area contributed by atoms with Crippen LogP contribution in [0, 0.1) is 12.1 Å². The normalized spacial score (nSPS) is 19.8. The van der Waals surface area contributed by atoms with Crippen molar-refractivity contribution in [2.45, 2.75) is 6.92 Å². The van der Waals surface area contributed by atoms with Crippen LogP contribution >= 0.6 is 11.3 Å². The van der Waals surface area contributed by atoms with E-state index in [2.05, 4.69) is 0 Å².